The quantitative estimate of drug-likeness (QED) is 0.901. The highest BCUT2D eigenvalue weighted by molar-refractivity contribution is 7.99. The first-order valence-electron chi connectivity index (χ1n) is 7.58. The van der Waals surface area contributed by atoms with Gasteiger partial charge in [-0.05, 0) is 48.9 Å². The molecule has 0 amide bonds. The monoisotopic (exact) mass is 369 g/mol. The maximum absolute atomic E-state index is 12.7. The first-order chi connectivity index (χ1) is 11.0. The number of aryl methyl sites for hydroxylation is 2. The maximum atomic E-state index is 12.7. The molecule has 0 saturated carbocycles. The Morgan fingerprint density at radius 2 is 2.00 bits per heavy atom. The fourth-order valence-electron chi connectivity index (χ4n) is 3.18. The molecule has 2 aliphatic rings. The lowest BCUT2D eigenvalue weighted by molar-refractivity contribution is 0.577. The number of thioether (sulfide) groups is 1. The van der Waals surface area contributed by atoms with Gasteiger partial charge in [-0.3, -0.25) is 4.72 Å². The van der Waals surface area contributed by atoms with E-state index in [1.165, 1.54) is 29.3 Å². The minimum atomic E-state index is -3.75. The van der Waals surface area contributed by atoms with Gasteiger partial charge in [0.2, 0.25) is 0 Å². The summed E-state index contributed by atoms with van der Waals surface area (Å²) in [7, 11) is -3.75. The maximum Gasteiger partial charge on any atom is 0.280 e. The summed E-state index contributed by atoms with van der Waals surface area (Å²) >= 11 is 7.58. The van der Waals surface area contributed by atoms with E-state index in [0.29, 0.717) is 17.4 Å². The van der Waals surface area contributed by atoms with Crippen molar-refractivity contribution in [3.63, 3.8) is 0 Å². The number of imidazole rings is 1. The van der Waals surface area contributed by atoms with E-state index < -0.39 is 10.0 Å². The summed E-state index contributed by atoms with van der Waals surface area (Å²) < 4.78 is 29.8. The minimum absolute atomic E-state index is 0.0395. The summed E-state index contributed by atoms with van der Waals surface area (Å²) in [6, 6.07) is 5.78. The van der Waals surface area contributed by atoms with Gasteiger partial charge in [0.05, 0.1) is 0 Å². The van der Waals surface area contributed by atoms with Gasteiger partial charge in [-0.1, -0.05) is 29.4 Å². The topological polar surface area (TPSA) is 64.0 Å². The average molecular weight is 370 g/mol. The van der Waals surface area contributed by atoms with Crippen LogP contribution in [0.4, 0.5) is 5.69 Å². The van der Waals surface area contributed by atoms with Gasteiger partial charge in [0.15, 0.2) is 15.3 Å². The third-order valence-electron chi connectivity index (χ3n) is 4.25. The standard InChI is InChI=1S/C15H16ClN3O2S2/c16-13-14(19-7-8-22-15(19)17-13)23(20,21)18-12-6-5-10-3-1-2-4-11(10)9-12/h5-6,9,18H,1-4,7-8H2. The first kappa shape index (κ1) is 15.4. The molecule has 5 nitrogen and oxygen atoms in total. The summed E-state index contributed by atoms with van der Waals surface area (Å²) in [6.07, 6.45) is 4.43. The summed E-state index contributed by atoms with van der Waals surface area (Å²) in [5, 5.41) is 0.773. The Bertz CT molecular complexity index is 877. The first-order valence-corrected chi connectivity index (χ1v) is 10.4. The van der Waals surface area contributed by atoms with Crippen LogP contribution in [-0.4, -0.2) is 23.7 Å². The Morgan fingerprint density at radius 1 is 1.22 bits per heavy atom. The third-order valence-corrected chi connectivity index (χ3v) is 7.01. The van der Waals surface area contributed by atoms with Crippen LogP contribution in [0, 0.1) is 0 Å². The Labute approximate surface area is 144 Å². The van der Waals surface area contributed by atoms with Crippen LogP contribution in [0.15, 0.2) is 28.4 Å². The fourth-order valence-corrected chi connectivity index (χ4v) is 6.00. The average Bonchev–Trinajstić information content (AvgIpc) is 3.06. The lowest BCUT2D eigenvalue weighted by Gasteiger charge is -2.17. The van der Waals surface area contributed by atoms with E-state index in [4.69, 9.17) is 11.6 Å². The molecule has 0 bridgehead atoms. The van der Waals surface area contributed by atoms with Crippen LogP contribution in [-0.2, 0) is 29.4 Å². The zero-order valence-electron chi connectivity index (χ0n) is 12.4. The second-order valence-electron chi connectivity index (χ2n) is 5.79. The Hall–Kier alpha value is -1.18. The van der Waals surface area contributed by atoms with Gasteiger partial charge >= 0.3 is 0 Å². The van der Waals surface area contributed by atoms with Crippen molar-refractivity contribution in [2.75, 3.05) is 10.5 Å². The van der Waals surface area contributed by atoms with Crippen LogP contribution < -0.4 is 4.72 Å². The summed E-state index contributed by atoms with van der Waals surface area (Å²) in [6.45, 7) is 0.611. The number of sulfonamides is 1. The van der Waals surface area contributed by atoms with Gasteiger partial charge in [0, 0.05) is 18.0 Å². The Morgan fingerprint density at radius 3 is 2.83 bits per heavy atom. The molecule has 1 aliphatic heterocycles. The zero-order valence-corrected chi connectivity index (χ0v) is 14.8. The van der Waals surface area contributed by atoms with Crippen molar-refractivity contribution in [2.24, 2.45) is 0 Å². The highest BCUT2D eigenvalue weighted by atomic mass is 35.5. The Kier molecular flexibility index (Phi) is 3.82. The molecule has 2 aromatic rings. The summed E-state index contributed by atoms with van der Waals surface area (Å²) in [4.78, 5) is 4.14. The largest absolute Gasteiger partial charge is 0.306 e. The van der Waals surface area contributed by atoms with Crippen LogP contribution in [0.2, 0.25) is 5.15 Å². The highest BCUT2D eigenvalue weighted by Crippen LogP contribution is 2.34. The molecule has 0 fully saturated rings. The number of benzene rings is 1. The van der Waals surface area contributed by atoms with Crippen LogP contribution in [0.1, 0.15) is 24.0 Å². The third kappa shape index (κ3) is 2.75. The van der Waals surface area contributed by atoms with Crippen LogP contribution >= 0.6 is 23.4 Å². The van der Waals surface area contributed by atoms with Crippen LogP contribution in [0.3, 0.4) is 0 Å². The number of nitrogens with one attached hydrogen (secondary N) is 1. The van der Waals surface area contributed by atoms with E-state index in [1.54, 1.807) is 4.57 Å². The number of anilines is 1. The number of fused-ring (bicyclic) bond motifs is 2. The van der Waals surface area contributed by atoms with Crippen molar-refractivity contribution in [3.8, 4) is 0 Å². The van der Waals surface area contributed by atoms with E-state index in [2.05, 4.69) is 9.71 Å². The van der Waals surface area contributed by atoms with Crippen molar-refractivity contribution in [1.29, 1.82) is 0 Å². The number of hydrogen-bond acceptors (Lipinski definition) is 4. The molecule has 0 unspecified atom stereocenters. The van der Waals surface area contributed by atoms with Crippen molar-refractivity contribution in [2.45, 2.75) is 42.4 Å². The van der Waals surface area contributed by atoms with E-state index in [1.807, 2.05) is 18.2 Å². The molecule has 0 spiro atoms. The predicted molar refractivity (Wildman–Crippen MR) is 91.9 cm³/mol. The Balaban J connectivity index is 1.68. The molecule has 0 atom stereocenters. The van der Waals surface area contributed by atoms with Gasteiger partial charge in [0.1, 0.15) is 0 Å². The van der Waals surface area contributed by atoms with Crippen molar-refractivity contribution in [1.82, 2.24) is 9.55 Å². The van der Waals surface area contributed by atoms with Gasteiger partial charge in [-0.2, -0.15) is 8.42 Å². The van der Waals surface area contributed by atoms with Crippen molar-refractivity contribution in [3.05, 3.63) is 34.5 Å². The smallest absolute Gasteiger partial charge is 0.280 e. The molecular weight excluding hydrogens is 354 g/mol. The molecule has 2 heterocycles. The number of nitrogens with zero attached hydrogens (tertiary/aromatic N) is 2. The van der Waals surface area contributed by atoms with Crippen LogP contribution in [0.5, 0.6) is 0 Å². The van der Waals surface area contributed by atoms with Crippen LogP contribution in [0.25, 0.3) is 0 Å². The minimum Gasteiger partial charge on any atom is -0.306 e. The lowest BCUT2D eigenvalue weighted by atomic mass is 9.91. The molecule has 122 valence electrons. The number of aromatic nitrogens is 2. The van der Waals surface area contributed by atoms with Gasteiger partial charge in [-0.15, -0.1) is 0 Å². The number of rotatable bonds is 3. The normalized spacial score (nSPS) is 16.9. The fraction of sp³-hybridized carbons (Fsp3) is 0.400. The molecule has 1 N–H and O–H groups in total. The predicted octanol–water partition coefficient (Wildman–Crippen LogP) is 3.32. The summed E-state index contributed by atoms with van der Waals surface area (Å²) in [5.41, 5.74) is 3.14. The second kappa shape index (κ2) is 5.72. The molecule has 8 heteroatoms. The molecular formula is C15H16ClN3O2S2. The highest BCUT2D eigenvalue weighted by Gasteiger charge is 2.30. The molecule has 23 heavy (non-hydrogen) atoms. The lowest BCUT2D eigenvalue weighted by Crippen LogP contribution is -2.18. The summed E-state index contributed by atoms with van der Waals surface area (Å²) in [5.74, 6) is 0.820. The van der Waals surface area contributed by atoms with E-state index in [-0.39, 0.29) is 10.2 Å². The second-order valence-corrected chi connectivity index (χ2v) is 8.80. The van der Waals surface area contributed by atoms with Crippen molar-refractivity contribution < 1.29 is 8.42 Å². The van der Waals surface area contributed by atoms with Gasteiger partial charge < -0.3 is 4.57 Å². The molecule has 1 aromatic carbocycles. The van der Waals surface area contributed by atoms with E-state index >= 15 is 0 Å². The van der Waals surface area contributed by atoms with E-state index in [0.717, 1.165) is 25.0 Å². The molecule has 0 radical (unpaired) electrons. The number of hydrogen-bond donors (Lipinski definition) is 1. The SMILES string of the molecule is O=S(=O)(Nc1ccc2c(c1)CCCC2)c1c(Cl)nc2n1CCS2. The van der Waals surface area contributed by atoms with E-state index in [9.17, 15) is 8.42 Å². The molecule has 1 aliphatic carbocycles. The van der Waals surface area contributed by atoms with Gasteiger partial charge in [-0.25, -0.2) is 4.98 Å². The van der Waals surface area contributed by atoms with Gasteiger partial charge in [0.25, 0.3) is 10.0 Å². The zero-order chi connectivity index (χ0) is 16.0. The molecule has 1 aromatic heterocycles. The number of halogens is 1. The molecule has 0 saturated heterocycles. The molecule has 4 rings (SSSR count). The van der Waals surface area contributed by atoms with Crippen molar-refractivity contribution >= 4 is 39.1 Å².